The lowest BCUT2D eigenvalue weighted by Gasteiger charge is -2.16. The van der Waals surface area contributed by atoms with E-state index in [0.29, 0.717) is 15.7 Å². The molecule has 174 valence electrons. The third-order valence-corrected chi connectivity index (χ3v) is 6.22. The molecule has 0 atom stereocenters. The number of carbonyl (C=O) groups is 2. The lowest BCUT2D eigenvalue weighted by molar-refractivity contribution is 0.0478. The van der Waals surface area contributed by atoms with Crippen LogP contribution in [0.25, 0.3) is 10.6 Å². The molecule has 3 aromatic rings. The molecule has 0 saturated carbocycles. The molecule has 0 amide bonds. The van der Waals surface area contributed by atoms with E-state index < -0.39 is 29.6 Å². The van der Waals surface area contributed by atoms with Crippen LogP contribution in [-0.4, -0.2) is 32.5 Å². The summed E-state index contributed by atoms with van der Waals surface area (Å²) in [6.45, 7) is 4.91. The number of anilines is 1. The molecule has 11 heteroatoms. The van der Waals surface area contributed by atoms with Gasteiger partial charge in [0.05, 0.1) is 5.69 Å². The van der Waals surface area contributed by atoms with E-state index in [9.17, 15) is 19.2 Å². The second kappa shape index (κ2) is 9.72. The van der Waals surface area contributed by atoms with E-state index in [4.69, 9.17) is 22.1 Å². The Kier molecular flexibility index (Phi) is 7.19. The number of rotatable bonds is 7. The largest absolute Gasteiger partial charge is 0.453 e. The Balaban J connectivity index is 1.83. The third kappa shape index (κ3) is 5.07. The Morgan fingerprint density at radius 2 is 1.97 bits per heavy atom. The van der Waals surface area contributed by atoms with Gasteiger partial charge in [-0.1, -0.05) is 37.6 Å². The summed E-state index contributed by atoms with van der Waals surface area (Å²) < 4.78 is 7.15. The number of halogens is 1. The van der Waals surface area contributed by atoms with Crippen molar-refractivity contribution < 1.29 is 14.3 Å². The number of benzene rings is 1. The Morgan fingerprint density at radius 1 is 1.27 bits per heavy atom. The van der Waals surface area contributed by atoms with E-state index in [1.54, 1.807) is 25.1 Å². The Labute approximate surface area is 198 Å². The third-order valence-electron chi connectivity index (χ3n) is 4.80. The SMILES string of the molecule is Cc1nc(-c2cccc(Cl)c2)sc1C(=O)OCC(=O)c1c(N)n(CC(C)C)c(=O)n(C)c1=O. The van der Waals surface area contributed by atoms with Crippen LogP contribution >= 0.6 is 22.9 Å². The van der Waals surface area contributed by atoms with E-state index in [-0.39, 0.29) is 28.7 Å². The number of ketones is 1. The summed E-state index contributed by atoms with van der Waals surface area (Å²) in [5.74, 6) is -1.74. The molecule has 2 aromatic heterocycles. The standard InChI is InChI=1S/C22H23ClN4O5S/c1-11(2)9-27-18(24)16(20(29)26(4)22(27)31)15(28)10-32-21(30)17-12(3)25-19(33-17)13-6-5-7-14(23)8-13/h5-8,11H,9-10,24H2,1-4H3. The summed E-state index contributed by atoms with van der Waals surface area (Å²) >= 11 is 7.13. The maximum Gasteiger partial charge on any atom is 0.350 e. The first-order valence-corrected chi connectivity index (χ1v) is 11.2. The Hall–Kier alpha value is -3.24. The minimum atomic E-state index is -0.837. The highest BCUT2D eigenvalue weighted by atomic mass is 35.5. The highest BCUT2D eigenvalue weighted by Gasteiger charge is 2.24. The average Bonchev–Trinajstić information content (AvgIpc) is 3.15. The van der Waals surface area contributed by atoms with E-state index in [1.807, 2.05) is 19.9 Å². The highest BCUT2D eigenvalue weighted by molar-refractivity contribution is 7.17. The number of nitrogens with zero attached hydrogens (tertiary/aromatic N) is 3. The molecule has 0 bridgehead atoms. The smallest absolute Gasteiger partial charge is 0.350 e. The van der Waals surface area contributed by atoms with Crippen molar-refractivity contribution in [1.29, 1.82) is 0 Å². The van der Waals surface area contributed by atoms with Gasteiger partial charge in [-0.3, -0.25) is 18.7 Å². The first-order valence-electron chi connectivity index (χ1n) is 10.0. The normalized spacial score (nSPS) is 11.1. The van der Waals surface area contributed by atoms with Crippen molar-refractivity contribution in [3.63, 3.8) is 0 Å². The van der Waals surface area contributed by atoms with Crippen LogP contribution in [0.5, 0.6) is 0 Å². The number of carbonyl (C=O) groups excluding carboxylic acids is 2. The highest BCUT2D eigenvalue weighted by Crippen LogP contribution is 2.30. The predicted octanol–water partition coefficient (Wildman–Crippen LogP) is 2.91. The van der Waals surface area contributed by atoms with Crippen molar-refractivity contribution in [2.24, 2.45) is 13.0 Å². The molecule has 3 rings (SSSR count). The maximum atomic E-state index is 12.8. The number of Topliss-reactive ketones (excluding diaryl/α,β-unsaturated/α-hetero) is 1. The number of hydrogen-bond acceptors (Lipinski definition) is 8. The molecule has 33 heavy (non-hydrogen) atoms. The van der Waals surface area contributed by atoms with Gasteiger partial charge in [0.1, 0.15) is 21.3 Å². The molecule has 1 aromatic carbocycles. The molecule has 0 aliphatic carbocycles. The minimum absolute atomic E-state index is 0.0475. The summed E-state index contributed by atoms with van der Waals surface area (Å²) in [4.78, 5) is 54.9. The number of aryl methyl sites for hydroxylation is 1. The van der Waals surface area contributed by atoms with Crippen molar-refractivity contribution in [3.8, 4) is 10.6 Å². The van der Waals surface area contributed by atoms with Crippen LogP contribution in [0.4, 0.5) is 5.82 Å². The lowest BCUT2D eigenvalue weighted by Crippen LogP contribution is -2.43. The summed E-state index contributed by atoms with van der Waals surface area (Å²) in [5, 5.41) is 1.11. The summed E-state index contributed by atoms with van der Waals surface area (Å²) in [6.07, 6.45) is 0. The van der Waals surface area contributed by atoms with Crippen LogP contribution in [0.3, 0.4) is 0 Å². The van der Waals surface area contributed by atoms with Gasteiger partial charge in [0.2, 0.25) is 5.78 Å². The molecular formula is C22H23ClN4O5S. The monoisotopic (exact) mass is 490 g/mol. The number of aromatic nitrogens is 3. The molecule has 0 unspecified atom stereocenters. The van der Waals surface area contributed by atoms with Gasteiger partial charge in [0.15, 0.2) is 6.61 Å². The van der Waals surface area contributed by atoms with Crippen LogP contribution in [0.2, 0.25) is 5.02 Å². The lowest BCUT2D eigenvalue weighted by atomic mass is 10.1. The fraction of sp³-hybridized carbons (Fsp3) is 0.318. The summed E-state index contributed by atoms with van der Waals surface area (Å²) in [7, 11) is 1.27. The summed E-state index contributed by atoms with van der Waals surface area (Å²) in [5.41, 5.74) is 5.34. The average molecular weight is 491 g/mol. The van der Waals surface area contributed by atoms with Crippen LogP contribution in [0, 0.1) is 12.8 Å². The van der Waals surface area contributed by atoms with Gasteiger partial charge >= 0.3 is 11.7 Å². The Bertz CT molecular complexity index is 1360. The fourth-order valence-corrected chi connectivity index (χ4v) is 4.33. The number of nitrogens with two attached hydrogens (primary N) is 1. The number of esters is 1. The molecule has 9 nitrogen and oxygen atoms in total. The van der Waals surface area contributed by atoms with Crippen LogP contribution in [0.15, 0.2) is 33.9 Å². The van der Waals surface area contributed by atoms with Gasteiger partial charge in [-0.25, -0.2) is 14.6 Å². The van der Waals surface area contributed by atoms with E-state index >= 15 is 0 Å². The fourth-order valence-electron chi connectivity index (χ4n) is 3.19. The second-order valence-corrected chi connectivity index (χ2v) is 9.29. The van der Waals surface area contributed by atoms with Gasteiger partial charge in [0, 0.05) is 24.2 Å². The zero-order valence-electron chi connectivity index (χ0n) is 18.5. The van der Waals surface area contributed by atoms with Crippen molar-refractivity contribution in [2.75, 3.05) is 12.3 Å². The molecule has 0 aliphatic heterocycles. The van der Waals surface area contributed by atoms with E-state index in [1.165, 1.54) is 11.6 Å². The minimum Gasteiger partial charge on any atom is -0.453 e. The summed E-state index contributed by atoms with van der Waals surface area (Å²) in [6, 6.07) is 7.04. The van der Waals surface area contributed by atoms with Gasteiger partial charge in [-0.2, -0.15) is 0 Å². The molecule has 2 heterocycles. The number of hydrogen-bond donors (Lipinski definition) is 1. The topological polar surface area (TPSA) is 126 Å². The number of ether oxygens (including phenoxy) is 1. The first kappa shape index (κ1) is 24.4. The second-order valence-electron chi connectivity index (χ2n) is 7.85. The van der Waals surface area contributed by atoms with Crippen molar-refractivity contribution in [1.82, 2.24) is 14.1 Å². The Morgan fingerprint density at radius 3 is 2.61 bits per heavy atom. The zero-order chi connectivity index (χ0) is 24.4. The van der Waals surface area contributed by atoms with Crippen LogP contribution in [0.1, 0.15) is 39.6 Å². The van der Waals surface area contributed by atoms with Crippen LogP contribution in [-0.2, 0) is 18.3 Å². The predicted molar refractivity (Wildman–Crippen MR) is 127 cm³/mol. The van der Waals surface area contributed by atoms with E-state index in [2.05, 4.69) is 4.98 Å². The first-order chi connectivity index (χ1) is 15.5. The molecule has 0 spiro atoms. The van der Waals surface area contributed by atoms with E-state index in [0.717, 1.165) is 21.5 Å². The maximum absolute atomic E-state index is 12.8. The number of thiazole rings is 1. The molecule has 2 N–H and O–H groups in total. The van der Waals surface area contributed by atoms with Gasteiger partial charge in [-0.05, 0) is 25.0 Å². The van der Waals surface area contributed by atoms with Crippen molar-refractivity contribution in [2.45, 2.75) is 27.3 Å². The van der Waals surface area contributed by atoms with Gasteiger partial charge < -0.3 is 10.5 Å². The van der Waals surface area contributed by atoms with Crippen molar-refractivity contribution >= 4 is 40.5 Å². The zero-order valence-corrected chi connectivity index (χ0v) is 20.1. The van der Waals surface area contributed by atoms with Crippen molar-refractivity contribution in [3.05, 3.63) is 66.3 Å². The van der Waals surface area contributed by atoms with Gasteiger partial charge in [0.25, 0.3) is 5.56 Å². The van der Waals surface area contributed by atoms with Gasteiger partial charge in [-0.15, -0.1) is 11.3 Å². The molecule has 0 radical (unpaired) electrons. The number of nitrogen functional groups attached to an aromatic ring is 1. The molecule has 0 saturated heterocycles. The molecular weight excluding hydrogens is 468 g/mol. The van der Waals surface area contributed by atoms with Crippen LogP contribution < -0.4 is 17.0 Å². The molecule has 0 aliphatic rings. The quantitative estimate of drug-likeness (QED) is 0.398. The molecule has 0 fully saturated rings.